The van der Waals surface area contributed by atoms with Gasteiger partial charge in [0, 0.05) is 35.8 Å². The summed E-state index contributed by atoms with van der Waals surface area (Å²) in [5.41, 5.74) is 3.85. The van der Waals surface area contributed by atoms with E-state index >= 15 is 0 Å². The van der Waals surface area contributed by atoms with Gasteiger partial charge in [0.25, 0.3) is 5.91 Å². The summed E-state index contributed by atoms with van der Waals surface area (Å²) in [5, 5.41) is 3.00. The van der Waals surface area contributed by atoms with Crippen LogP contribution >= 0.6 is 0 Å². The molecule has 0 aromatic heterocycles. The summed E-state index contributed by atoms with van der Waals surface area (Å²) in [5.74, 6) is 1.32. The van der Waals surface area contributed by atoms with Crippen molar-refractivity contribution in [1.82, 2.24) is 4.90 Å². The standard InChI is InChI=1S/C24H28N2O4/c1-15-5-4-6-19-20(15)14-26(24(19)28)18-10-7-16(8-11-18)23(27)25-17-9-12-21(29-2)22(13-17)30-3/h4-6,9,12-13,16,18H,7-8,10-11,14H2,1-3H3,(H,25,27). The summed E-state index contributed by atoms with van der Waals surface area (Å²) in [4.78, 5) is 27.6. The molecule has 0 saturated heterocycles. The highest BCUT2D eigenvalue weighted by molar-refractivity contribution is 5.99. The van der Waals surface area contributed by atoms with E-state index in [1.165, 1.54) is 5.56 Å². The van der Waals surface area contributed by atoms with Gasteiger partial charge in [-0.05, 0) is 61.9 Å². The molecule has 1 N–H and O–H groups in total. The first kappa shape index (κ1) is 20.3. The summed E-state index contributed by atoms with van der Waals surface area (Å²) in [6, 6.07) is 11.5. The molecule has 158 valence electrons. The molecule has 0 bridgehead atoms. The second-order valence-corrected chi connectivity index (χ2v) is 8.10. The number of anilines is 1. The number of rotatable bonds is 5. The van der Waals surface area contributed by atoms with Gasteiger partial charge in [-0.15, -0.1) is 0 Å². The first-order valence-corrected chi connectivity index (χ1v) is 10.4. The van der Waals surface area contributed by atoms with E-state index in [1.54, 1.807) is 26.4 Å². The molecule has 1 saturated carbocycles. The Hall–Kier alpha value is -3.02. The lowest BCUT2D eigenvalue weighted by atomic mass is 9.84. The van der Waals surface area contributed by atoms with Crippen LogP contribution in [0, 0.1) is 12.8 Å². The molecule has 6 nitrogen and oxygen atoms in total. The van der Waals surface area contributed by atoms with Gasteiger partial charge in [0.1, 0.15) is 0 Å². The van der Waals surface area contributed by atoms with E-state index in [0.29, 0.717) is 23.7 Å². The SMILES string of the molecule is COc1ccc(NC(=O)C2CCC(N3Cc4c(C)cccc4C3=O)CC2)cc1OC. The predicted molar refractivity (Wildman–Crippen MR) is 115 cm³/mol. The minimum absolute atomic E-state index is 0.0209. The zero-order chi connectivity index (χ0) is 21.3. The maximum atomic E-state index is 12.8. The van der Waals surface area contributed by atoms with Crippen LogP contribution in [-0.2, 0) is 11.3 Å². The fourth-order valence-corrected chi connectivity index (χ4v) is 4.61. The predicted octanol–water partition coefficient (Wildman–Crippen LogP) is 4.17. The fraction of sp³-hybridized carbons (Fsp3) is 0.417. The van der Waals surface area contributed by atoms with E-state index in [9.17, 15) is 9.59 Å². The summed E-state index contributed by atoms with van der Waals surface area (Å²) in [6.07, 6.45) is 3.26. The number of benzene rings is 2. The minimum Gasteiger partial charge on any atom is -0.493 e. The quantitative estimate of drug-likeness (QED) is 0.806. The van der Waals surface area contributed by atoms with Crippen molar-refractivity contribution in [2.75, 3.05) is 19.5 Å². The highest BCUT2D eigenvalue weighted by Crippen LogP contribution is 2.35. The molecule has 30 heavy (non-hydrogen) atoms. The molecule has 6 heteroatoms. The van der Waals surface area contributed by atoms with Gasteiger partial charge in [-0.25, -0.2) is 0 Å². The lowest BCUT2D eigenvalue weighted by Crippen LogP contribution is -2.40. The summed E-state index contributed by atoms with van der Waals surface area (Å²) in [6.45, 7) is 2.75. The molecule has 2 aromatic rings. The Labute approximate surface area is 177 Å². The number of hydrogen-bond donors (Lipinski definition) is 1. The smallest absolute Gasteiger partial charge is 0.254 e. The normalized spacial score (nSPS) is 20.6. The number of methoxy groups -OCH3 is 2. The second kappa shape index (κ2) is 8.38. The Morgan fingerprint density at radius 2 is 1.77 bits per heavy atom. The Bertz CT molecular complexity index is 964. The molecule has 0 radical (unpaired) electrons. The van der Waals surface area contributed by atoms with Crippen molar-refractivity contribution in [3.8, 4) is 11.5 Å². The van der Waals surface area contributed by atoms with Gasteiger partial charge in [0.15, 0.2) is 11.5 Å². The van der Waals surface area contributed by atoms with E-state index < -0.39 is 0 Å². The van der Waals surface area contributed by atoms with Crippen LogP contribution in [0.15, 0.2) is 36.4 Å². The average molecular weight is 408 g/mol. The maximum Gasteiger partial charge on any atom is 0.254 e. The number of nitrogens with one attached hydrogen (secondary N) is 1. The van der Waals surface area contributed by atoms with Gasteiger partial charge in [-0.1, -0.05) is 12.1 Å². The highest BCUT2D eigenvalue weighted by atomic mass is 16.5. The maximum absolute atomic E-state index is 12.8. The molecular formula is C24H28N2O4. The molecule has 2 amide bonds. The van der Waals surface area contributed by atoms with E-state index in [4.69, 9.17) is 9.47 Å². The molecule has 2 aliphatic rings. The number of nitrogens with zero attached hydrogens (tertiary/aromatic N) is 1. The molecule has 0 unspecified atom stereocenters. The molecule has 0 atom stereocenters. The molecule has 4 rings (SSSR count). The van der Waals surface area contributed by atoms with Crippen LogP contribution in [0.2, 0.25) is 0 Å². The van der Waals surface area contributed by atoms with Crippen molar-refractivity contribution < 1.29 is 19.1 Å². The van der Waals surface area contributed by atoms with E-state index in [-0.39, 0.29) is 23.8 Å². The summed E-state index contributed by atoms with van der Waals surface area (Å²) < 4.78 is 10.5. The zero-order valence-electron chi connectivity index (χ0n) is 17.7. The lowest BCUT2D eigenvalue weighted by molar-refractivity contribution is -0.121. The third-order valence-corrected chi connectivity index (χ3v) is 6.39. The van der Waals surface area contributed by atoms with Crippen LogP contribution in [0.1, 0.15) is 47.2 Å². The first-order valence-electron chi connectivity index (χ1n) is 10.4. The van der Waals surface area contributed by atoms with Gasteiger partial charge < -0.3 is 19.7 Å². The van der Waals surface area contributed by atoms with Crippen LogP contribution < -0.4 is 14.8 Å². The molecule has 1 fully saturated rings. The average Bonchev–Trinajstić information content (AvgIpc) is 3.11. The van der Waals surface area contributed by atoms with Crippen molar-refractivity contribution in [2.24, 2.45) is 5.92 Å². The molecule has 1 aliphatic heterocycles. The molecule has 0 spiro atoms. The van der Waals surface area contributed by atoms with Crippen molar-refractivity contribution in [1.29, 1.82) is 0 Å². The number of amides is 2. The number of fused-ring (bicyclic) bond motifs is 1. The molecule has 1 aliphatic carbocycles. The Balaban J connectivity index is 1.35. The summed E-state index contributed by atoms with van der Waals surface area (Å²) in [7, 11) is 3.16. The first-order chi connectivity index (χ1) is 14.5. The lowest BCUT2D eigenvalue weighted by Gasteiger charge is -2.34. The van der Waals surface area contributed by atoms with Crippen LogP contribution in [-0.4, -0.2) is 37.0 Å². The number of carbonyl (C=O) groups is 2. The van der Waals surface area contributed by atoms with Crippen molar-refractivity contribution >= 4 is 17.5 Å². The number of carbonyl (C=O) groups excluding carboxylic acids is 2. The third kappa shape index (κ3) is 3.74. The minimum atomic E-state index is -0.0452. The zero-order valence-corrected chi connectivity index (χ0v) is 17.7. The molecular weight excluding hydrogens is 380 g/mol. The monoisotopic (exact) mass is 408 g/mol. The van der Waals surface area contributed by atoms with E-state index in [1.807, 2.05) is 23.1 Å². The topological polar surface area (TPSA) is 67.9 Å². The van der Waals surface area contributed by atoms with Crippen molar-refractivity contribution in [3.05, 3.63) is 53.1 Å². The Kier molecular flexibility index (Phi) is 5.66. The number of ether oxygens (including phenoxy) is 2. The van der Waals surface area contributed by atoms with Crippen molar-refractivity contribution in [2.45, 2.75) is 45.2 Å². The van der Waals surface area contributed by atoms with Gasteiger partial charge in [-0.2, -0.15) is 0 Å². The van der Waals surface area contributed by atoms with Crippen molar-refractivity contribution in [3.63, 3.8) is 0 Å². The second-order valence-electron chi connectivity index (χ2n) is 8.10. The van der Waals surface area contributed by atoms with E-state index in [2.05, 4.69) is 18.3 Å². The van der Waals surface area contributed by atoms with Crippen LogP contribution in [0.5, 0.6) is 11.5 Å². The number of aryl methyl sites for hydroxylation is 1. The molecule has 2 aromatic carbocycles. The highest BCUT2D eigenvalue weighted by Gasteiger charge is 2.36. The third-order valence-electron chi connectivity index (χ3n) is 6.39. The van der Waals surface area contributed by atoms with Crippen LogP contribution in [0.4, 0.5) is 5.69 Å². The van der Waals surface area contributed by atoms with Crippen LogP contribution in [0.25, 0.3) is 0 Å². The molecule has 1 heterocycles. The van der Waals surface area contributed by atoms with Gasteiger partial charge >= 0.3 is 0 Å². The van der Waals surface area contributed by atoms with E-state index in [0.717, 1.165) is 36.8 Å². The van der Waals surface area contributed by atoms with Crippen LogP contribution in [0.3, 0.4) is 0 Å². The van der Waals surface area contributed by atoms with Gasteiger partial charge in [0.2, 0.25) is 5.91 Å². The largest absolute Gasteiger partial charge is 0.493 e. The summed E-state index contributed by atoms with van der Waals surface area (Å²) >= 11 is 0. The Morgan fingerprint density at radius 3 is 2.43 bits per heavy atom. The van der Waals surface area contributed by atoms with Gasteiger partial charge in [-0.3, -0.25) is 9.59 Å². The number of hydrogen-bond acceptors (Lipinski definition) is 4. The van der Waals surface area contributed by atoms with Gasteiger partial charge in [0.05, 0.1) is 14.2 Å². The fourth-order valence-electron chi connectivity index (χ4n) is 4.61. The Morgan fingerprint density at radius 1 is 1.03 bits per heavy atom.